The number of benzene rings is 2. The smallest absolute Gasteiger partial charge is 0.269 e. The molecule has 6 nitrogen and oxygen atoms in total. The highest BCUT2D eigenvalue weighted by molar-refractivity contribution is 5.42. The van der Waals surface area contributed by atoms with Crippen molar-refractivity contribution in [3.05, 3.63) is 58.1 Å². The van der Waals surface area contributed by atoms with Gasteiger partial charge >= 0.3 is 0 Å². The van der Waals surface area contributed by atoms with Crippen LogP contribution in [0.1, 0.15) is 5.56 Å². The van der Waals surface area contributed by atoms with Gasteiger partial charge in [-0.1, -0.05) is 6.07 Å². The van der Waals surface area contributed by atoms with E-state index in [2.05, 4.69) is 0 Å². The number of non-ortho nitro benzene ring substituents is 1. The average Bonchev–Trinajstić information content (AvgIpc) is 2.53. The number of methoxy groups -OCH3 is 1. The molecular formula is C16H17NO5. The van der Waals surface area contributed by atoms with Gasteiger partial charge in [0.15, 0.2) is 11.5 Å². The van der Waals surface area contributed by atoms with Gasteiger partial charge in [-0.2, -0.15) is 0 Å². The maximum Gasteiger partial charge on any atom is 0.269 e. The summed E-state index contributed by atoms with van der Waals surface area (Å²) < 4.78 is 16.3. The molecule has 22 heavy (non-hydrogen) atoms. The van der Waals surface area contributed by atoms with E-state index >= 15 is 0 Å². The SMILES string of the molecule is COc1cc(C)ccc1OCCOc1ccc([N+](=O)[O-])cc1. The summed E-state index contributed by atoms with van der Waals surface area (Å²) >= 11 is 0. The second-order valence-electron chi connectivity index (χ2n) is 4.60. The molecule has 0 radical (unpaired) electrons. The summed E-state index contributed by atoms with van der Waals surface area (Å²) in [6.07, 6.45) is 0. The van der Waals surface area contributed by atoms with E-state index in [0.717, 1.165) is 5.56 Å². The molecule has 0 aromatic heterocycles. The highest BCUT2D eigenvalue weighted by Gasteiger charge is 2.06. The minimum atomic E-state index is -0.448. The molecule has 0 bridgehead atoms. The van der Waals surface area contributed by atoms with Crippen LogP contribution < -0.4 is 14.2 Å². The quantitative estimate of drug-likeness (QED) is 0.445. The third kappa shape index (κ3) is 4.12. The summed E-state index contributed by atoms with van der Waals surface area (Å²) in [7, 11) is 1.59. The molecule has 0 aliphatic heterocycles. The molecule has 0 amide bonds. The molecular weight excluding hydrogens is 286 g/mol. The first-order valence-electron chi connectivity index (χ1n) is 6.75. The Morgan fingerprint density at radius 3 is 2.32 bits per heavy atom. The second kappa shape index (κ2) is 7.31. The van der Waals surface area contributed by atoms with Crippen molar-refractivity contribution >= 4 is 5.69 Å². The number of hydrogen-bond acceptors (Lipinski definition) is 5. The Hall–Kier alpha value is -2.76. The maximum absolute atomic E-state index is 10.5. The molecule has 2 aromatic rings. The van der Waals surface area contributed by atoms with Crippen LogP contribution >= 0.6 is 0 Å². The van der Waals surface area contributed by atoms with E-state index in [1.54, 1.807) is 19.2 Å². The van der Waals surface area contributed by atoms with Crippen LogP contribution in [0, 0.1) is 17.0 Å². The first kappa shape index (κ1) is 15.6. The molecule has 0 aliphatic rings. The van der Waals surface area contributed by atoms with Crippen molar-refractivity contribution in [1.29, 1.82) is 0 Å². The Morgan fingerprint density at radius 1 is 1.00 bits per heavy atom. The van der Waals surface area contributed by atoms with Crippen molar-refractivity contribution in [1.82, 2.24) is 0 Å². The van der Waals surface area contributed by atoms with Crippen LogP contribution in [0.25, 0.3) is 0 Å². The van der Waals surface area contributed by atoms with Crippen molar-refractivity contribution in [3.8, 4) is 17.2 Å². The van der Waals surface area contributed by atoms with E-state index in [0.29, 0.717) is 30.5 Å². The van der Waals surface area contributed by atoms with E-state index in [1.807, 2.05) is 25.1 Å². The van der Waals surface area contributed by atoms with E-state index < -0.39 is 4.92 Å². The number of nitro groups is 1. The molecule has 6 heteroatoms. The van der Waals surface area contributed by atoms with E-state index in [4.69, 9.17) is 14.2 Å². The van der Waals surface area contributed by atoms with Gasteiger partial charge in [-0.15, -0.1) is 0 Å². The predicted octanol–water partition coefficient (Wildman–Crippen LogP) is 3.37. The fourth-order valence-electron chi connectivity index (χ4n) is 1.87. The second-order valence-corrected chi connectivity index (χ2v) is 4.60. The monoisotopic (exact) mass is 303 g/mol. The Bertz CT molecular complexity index is 639. The summed E-state index contributed by atoms with van der Waals surface area (Å²) in [5.41, 5.74) is 1.12. The van der Waals surface area contributed by atoms with Crippen LogP contribution in [0.4, 0.5) is 5.69 Å². The molecule has 116 valence electrons. The van der Waals surface area contributed by atoms with Crippen molar-refractivity contribution in [2.24, 2.45) is 0 Å². The average molecular weight is 303 g/mol. The molecule has 0 atom stereocenters. The lowest BCUT2D eigenvalue weighted by Crippen LogP contribution is -2.09. The van der Waals surface area contributed by atoms with Gasteiger partial charge < -0.3 is 14.2 Å². The standard InChI is InChI=1S/C16H17NO5/c1-12-3-8-15(16(11-12)20-2)22-10-9-21-14-6-4-13(5-7-14)17(18)19/h3-8,11H,9-10H2,1-2H3. The zero-order valence-corrected chi connectivity index (χ0v) is 12.4. The van der Waals surface area contributed by atoms with Crippen LogP contribution in [0.5, 0.6) is 17.2 Å². The zero-order valence-electron chi connectivity index (χ0n) is 12.4. The third-order valence-corrected chi connectivity index (χ3v) is 2.98. The first-order valence-corrected chi connectivity index (χ1v) is 6.75. The number of aryl methyl sites for hydroxylation is 1. The predicted molar refractivity (Wildman–Crippen MR) is 81.8 cm³/mol. The van der Waals surface area contributed by atoms with E-state index in [9.17, 15) is 10.1 Å². The fourth-order valence-corrected chi connectivity index (χ4v) is 1.87. The molecule has 0 unspecified atom stereocenters. The number of rotatable bonds is 7. The number of nitro benzene ring substituents is 1. The van der Waals surface area contributed by atoms with Crippen LogP contribution in [0.15, 0.2) is 42.5 Å². The Balaban J connectivity index is 1.83. The lowest BCUT2D eigenvalue weighted by Gasteiger charge is -2.12. The van der Waals surface area contributed by atoms with Crippen molar-refractivity contribution in [2.45, 2.75) is 6.92 Å². The van der Waals surface area contributed by atoms with Gasteiger partial charge in [0.25, 0.3) is 5.69 Å². The zero-order chi connectivity index (χ0) is 15.9. The summed E-state index contributed by atoms with van der Waals surface area (Å²) in [4.78, 5) is 10.1. The minimum absolute atomic E-state index is 0.0352. The van der Waals surface area contributed by atoms with Crippen LogP contribution in [-0.2, 0) is 0 Å². The van der Waals surface area contributed by atoms with Gasteiger partial charge in [0.2, 0.25) is 0 Å². The summed E-state index contributed by atoms with van der Waals surface area (Å²) in [5, 5.41) is 10.5. The van der Waals surface area contributed by atoms with Gasteiger partial charge in [-0.25, -0.2) is 0 Å². The van der Waals surface area contributed by atoms with Gasteiger partial charge in [0, 0.05) is 12.1 Å². The van der Waals surface area contributed by atoms with Gasteiger partial charge in [0.1, 0.15) is 19.0 Å². The van der Waals surface area contributed by atoms with Crippen LogP contribution in [0.2, 0.25) is 0 Å². The lowest BCUT2D eigenvalue weighted by molar-refractivity contribution is -0.384. The van der Waals surface area contributed by atoms with Crippen LogP contribution in [-0.4, -0.2) is 25.2 Å². The summed E-state index contributed by atoms with van der Waals surface area (Å²) in [6.45, 7) is 2.65. The Morgan fingerprint density at radius 2 is 1.68 bits per heavy atom. The Kier molecular flexibility index (Phi) is 5.19. The van der Waals surface area contributed by atoms with Gasteiger partial charge in [0.05, 0.1) is 12.0 Å². The highest BCUT2D eigenvalue weighted by atomic mass is 16.6. The summed E-state index contributed by atoms with van der Waals surface area (Å²) in [5.74, 6) is 1.89. The molecule has 0 aliphatic carbocycles. The molecule has 2 rings (SSSR count). The maximum atomic E-state index is 10.5. The molecule has 0 heterocycles. The lowest BCUT2D eigenvalue weighted by atomic mass is 10.2. The molecule has 2 aromatic carbocycles. The van der Waals surface area contributed by atoms with Crippen LogP contribution in [0.3, 0.4) is 0 Å². The van der Waals surface area contributed by atoms with E-state index in [1.165, 1.54) is 12.1 Å². The van der Waals surface area contributed by atoms with E-state index in [-0.39, 0.29) is 5.69 Å². The molecule has 0 N–H and O–H groups in total. The Labute approximate surface area is 128 Å². The normalized spacial score (nSPS) is 10.1. The minimum Gasteiger partial charge on any atom is -0.493 e. The summed E-state index contributed by atoms with van der Waals surface area (Å²) in [6, 6.07) is 11.6. The molecule has 0 spiro atoms. The third-order valence-electron chi connectivity index (χ3n) is 2.98. The van der Waals surface area contributed by atoms with Gasteiger partial charge in [-0.3, -0.25) is 10.1 Å². The van der Waals surface area contributed by atoms with Crippen molar-refractivity contribution in [3.63, 3.8) is 0 Å². The topological polar surface area (TPSA) is 70.8 Å². The first-order chi connectivity index (χ1) is 10.6. The molecule has 0 fully saturated rings. The van der Waals surface area contributed by atoms with Gasteiger partial charge in [-0.05, 0) is 36.8 Å². The number of ether oxygens (including phenoxy) is 3. The van der Waals surface area contributed by atoms with Crippen molar-refractivity contribution in [2.75, 3.05) is 20.3 Å². The largest absolute Gasteiger partial charge is 0.493 e. The molecule has 0 saturated heterocycles. The fraction of sp³-hybridized carbons (Fsp3) is 0.250. The number of hydrogen-bond donors (Lipinski definition) is 0. The van der Waals surface area contributed by atoms with Crippen molar-refractivity contribution < 1.29 is 19.1 Å². The molecule has 0 saturated carbocycles. The highest BCUT2D eigenvalue weighted by Crippen LogP contribution is 2.27. The number of nitrogens with zero attached hydrogens (tertiary/aromatic N) is 1.